The third-order valence-corrected chi connectivity index (χ3v) is 5.27. The molecular formula is C19H28N4O2. The Morgan fingerprint density at radius 1 is 1.04 bits per heavy atom. The fourth-order valence-electron chi connectivity index (χ4n) is 3.91. The predicted molar refractivity (Wildman–Crippen MR) is 99.6 cm³/mol. The van der Waals surface area contributed by atoms with Crippen molar-refractivity contribution in [1.29, 1.82) is 0 Å². The van der Waals surface area contributed by atoms with Crippen LogP contribution in [-0.4, -0.2) is 31.1 Å². The predicted octanol–water partition coefficient (Wildman–Crippen LogP) is 2.84. The summed E-state index contributed by atoms with van der Waals surface area (Å²) in [6, 6.07) is 7.51. The summed E-state index contributed by atoms with van der Waals surface area (Å²) in [6.07, 6.45) is 7.28. The van der Waals surface area contributed by atoms with Crippen LogP contribution in [0.3, 0.4) is 0 Å². The lowest BCUT2D eigenvalue weighted by Gasteiger charge is -2.30. The molecule has 2 unspecified atom stereocenters. The van der Waals surface area contributed by atoms with E-state index in [1.165, 1.54) is 19.3 Å². The normalized spacial score (nSPS) is 23.8. The van der Waals surface area contributed by atoms with Gasteiger partial charge >= 0.3 is 6.03 Å². The molecule has 1 aliphatic heterocycles. The van der Waals surface area contributed by atoms with Crippen LogP contribution in [-0.2, 0) is 4.79 Å². The maximum Gasteiger partial charge on any atom is 0.319 e. The van der Waals surface area contributed by atoms with Crippen molar-refractivity contribution in [3.8, 4) is 0 Å². The van der Waals surface area contributed by atoms with Crippen LogP contribution < -0.4 is 21.3 Å². The Labute approximate surface area is 149 Å². The molecule has 0 radical (unpaired) electrons. The zero-order valence-electron chi connectivity index (χ0n) is 14.7. The lowest BCUT2D eigenvalue weighted by molar-refractivity contribution is -0.123. The Balaban J connectivity index is 1.59. The monoisotopic (exact) mass is 344 g/mol. The molecule has 25 heavy (non-hydrogen) atoms. The Morgan fingerprint density at radius 2 is 1.80 bits per heavy atom. The van der Waals surface area contributed by atoms with Crippen LogP contribution in [0.1, 0.15) is 44.9 Å². The van der Waals surface area contributed by atoms with Crippen LogP contribution in [0.2, 0.25) is 0 Å². The van der Waals surface area contributed by atoms with Gasteiger partial charge in [0, 0.05) is 30.5 Å². The van der Waals surface area contributed by atoms with Crippen molar-refractivity contribution < 1.29 is 9.59 Å². The molecule has 0 spiro atoms. The number of hydrogen-bond acceptors (Lipinski definition) is 3. The third-order valence-electron chi connectivity index (χ3n) is 5.27. The zero-order chi connectivity index (χ0) is 17.6. The van der Waals surface area contributed by atoms with Gasteiger partial charge in [0.25, 0.3) is 0 Å². The van der Waals surface area contributed by atoms with Crippen molar-refractivity contribution in [3.63, 3.8) is 0 Å². The lowest BCUT2D eigenvalue weighted by atomic mass is 9.84. The maximum atomic E-state index is 12.3. The van der Waals surface area contributed by atoms with Crippen molar-refractivity contribution in [3.05, 3.63) is 24.3 Å². The minimum Gasteiger partial charge on any atom is -0.371 e. The highest BCUT2D eigenvalue weighted by molar-refractivity contribution is 5.90. The van der Waals surface area contributed by atoms with Gasteiger partial charge in [-0.05, 0) is 50.3 Å². The number of carbonyl (C=O) groups is 2. The number of carbonyl (C=O) groups excluding carboxylic acids is 2. The number of nitrogens with one attached hydrogen (secondary N) is 2. The second-order valence-corrected chi connectivity index (χ2v) is 7.10. The number of urea groups is 1. The number of hydrogen-bond donors (Lipinski definition) is 3. The van der Waals surface area contributed by atoms with Gasteiger partial charge in [-0.15, -0.1) is 0 Å². The highest BCUT2D eigenvalue weighted by Gasteiger charge is 2.30. The number of nitrogens with zero attached hydrogens (tertiary/aromatic N) is 1. The van der Waals surface area contributed by atoms with Crippen molar-refractivity contribution >= 4 is 23.3 Å². The molecule has 1 heterocycles. The minimum atomic E-state index is -0.322. The van der Waals surface area contributed by atoms with Gasteiger partial charge in [-0.25, -0.2) is 4.79 Å². The van der Waals surface area contributed by atoms with Gasteiger partial charge in [-0.2, -0.15) is 0 Å². The average Bonchev–Trinajstić information content (AvgIpc) is 2.63. The van der Waals surface area contributed by atoms with E-state index in [2.05, 4.69) is 21.6 Å². The van der Waals surface area contributed by atoms with E-state index in [1.54, 1.807) is 0 Å². The average molecular weight is 344 g/mol. The van der Waals surface area contributed by atoms with Gasteiger partial charge in [0.05, 0.1) is 5.92 Å². The fourth-order valence-corrected chi connectivity index (χ4v) is 3.91. The Kier molecular flexibility index (Phi) is 5.79. The van der Waals surface area contributed by atoms with E-state index in [0.717, 1.165) is 50.1 Å². The third kappa shape index (κ3) is 4.65. The van der Waals surface area contributed by atoms with Crippen LogP contribution >= 0.6 is 0 Å². The topological polar surface area (TPSA) is 87.5 Å². The number of primary amides is 1. The molecule has 0 bridgehead atoms. The summed E-state index contributed by atoms with van der Waals surface area (Å²) in [5, 5.41) is 5.83. The molecule has 2 fully saturated rings. The number of piperidine rings is 1. The molecule has 1 saturated heterocycles. The van der Waals surface area contributed by atoms with Crippen LogP contribution in [0.15, 0.2) is 24.3 Å². The lowest BCUT2D eigenvalue weighted by Crippen LogP contribution is -2.48. The highest BCUT2D eigenvalue weighted by atomic mass is 16.2. The summed E-state index contributed by atoms with van der Waals surface area (Å²) in [4.78, 5) is 26.3. The Bertz CT molecular complexity index is 613. The SMILES string of the molecule is NC(=O)C1CCCCC1NC(=O)Nc1cccc(N2CCCCC2)c1. The zero-order valence-corrected chi connectivity index (χ0v) is 14.7. The van der Waals surface area contributed by atoms with Crippen LogP contribution in [0.5, 0.6) is 0 Å². The van der Waals surface area contributed by atoms with E-state index in [9.17, 15) is 9.59 Å². The van der Waals surface area contributed by atoms with Gasteiger partial charge in [-0.3, -0.25) is 4.79 Å². The number of benzene rings is 1. The molecule has 1 aliphatic carbocycles. The van der Waals surface area contributed by atoms with E-state index in [4.69, 9.17) is 5.73 Å². The Morgan fingerprint density at radius 3 is 2.56 bits per heavy atom. The second kappa shape index (κ2) is 8.23. The van der Waals surface area contributed by atoms with E-state index in [-0.39, 0.29) is 23.9 Å². The minimum absolute atomic E-state index is 0.170. The number of rotatable bonds is 4. The van der Waals surface area contributed by atoms with Crippen LogP contribution in [0.4, 0.5) is 16.2 Å². The Hall–Kier alpha value is -2.24. The van der Waals surface area contributed by atoms with Gasteiger partial charge in [-0.1, -0.05) is 18.9 Å². The standard InChI is InChI=1S/C19H28N4O2/c20-18(24)16-9-2-3-10-17(16)22-19(25)21-14-7-6-8-15(13-14)23-11-4-1-5-12-23/h6-8,13,16-17H,1-5,9-12H2,(H2,20,24)(H2,21,22,25). The quantitative estimate of drug-likeness (QED) is 0.785. The maximum absolute atomic E-state index is 12.3. The second-order valence-electron chi connectivity index (χ2n) is 7.10. The molecule has 1 aromatic rings. The van der Waals surface area contributed by atoms with Crippen molar-refractivity contribution in [2.24, 2.45) is 11.7 Å². The van der Waals surface area contributed by atoms with E-state index >= 15 is 0 Å². The first-order valence-corrected chi connectivity index (χ1v) is 9.35. The molecule has 0 aromatic heterocycles. The molecule has 3 amide bonds. The molecule has 2 atom stereocenters. The first-order valence-electron chi connectivity index (χ1n) is 9.35. The molecule has 1 saturated carbocycles. The van der Waals surface area contributed by atoms with Crippen LogP contribution in [0.25, 0.3) is 0 Å². The number of amides is 3. The molecule has 3 rings (SSSR count). The summed E-state index contributed by atoms with van der Waals surface area (Å²) in [6.45, 7) is 2.13. The van der Waals surface area contributed by atoms with Gasteiger partial charge in [0.15, 0.2) is 0 Å². The largest absolute Gasteiger partial charge is 0.371 e. The van der Waals surface area contributed by atoms with E-state index in [0.29, 0.717) is 0 Å². The highest BCUT2D eigenvalue weighted by Crippen LogP contribution is 2.25. The van der Waals surface area contributed by atoms with E-state index < -0.39 is 0 Å². The molecule has 4 N–H and O–H groups in total. The molecule has 1 aromatic carbocycles. The molecule has 136 valence electrons. The smallest absolute Gasteiger partial charge is 0.319 e. The van der Waals surface area contributed by atoms with Gasteiger partial charge in [0.2, 0.25) is 5.91 Å². The van der Waals surface area contributed by atoms with Crippen LogP contribution in [0, 0.1) is 5.92 Å². The van der Waals surface area contributed by atoms with Gasteiger partial charge < -0.3 is 21.3 Å². The van der Waals surface area contributed by atoms with E-state index in [1.807, 2.05) is 18.2 Å². The first kappa shape index (κ1) is 17.6. The first-order chi connectivity index (χ1) is 12.1. The summed E-state index contributed by atoms with van der Waals surface area (Å²) >= 11 is 0. The molecule has 2 aliphatic rings. The molecule has 6 nitrogen and oxygen atoms in total. The number of nitrogens with two attached hydrogens (primary N) is 1. The summed E-state index contributed by atoms with van der Waals surface area (Å²) in [5.41, 5.74) is 7.39. The summed E-state index contributed by atoms with van der Waals surface area (Å²) in [5.74, 6) is -0.587. The van der Waals surface area contributed by atoms with Gasteiger partial charge in [0.1, 0.15) is 0 Å². The summed E-state index contributed by atoms with van der Waals surface area (Å²) in [7, 11) is 0. The fraction of sp³-hybridized carbons (Fsp3) is 0.579. The molecule has 6 heteroatoms. The molecular weight excluding hydrogens is 316 g/mol. The van der Waals surface area contributed by atoms with Crippen molar-refractivity contribution in [2.45, 2.75) is 51.0 Å². The van der Waals surface area contributed by atoms with Crippen molar-refractivity contribution in [2.75, 3.05) is 23.3 Å². The number of anilines is 2. The summed E-state index contributed by atoms with van der Waals surface area (Å²) < 4.78 is 0. The van der Waals surface area contributed by atoms with Crippen molar-refractivity contribution in [1.82, 2.24) is 5.32 Å².